The Bertz CT molecular complexity index is 854. The van der Waals surface area contributed by atoms with Crippen LogP contribution in [0.15, 0.2) is 54.6 Å². The summed E-state index contributed by atoms with van der Waals surface area (Å²) in [4.78, 5) is 2.54. The van der Waals surface area contributed by atoms with Gasteiger partial charge in [0.1, 0.15) is 11.8 Å². The summed E-state index contributed by atoms with van der Waals surface area (Å²) in [7, 11) is 1.60. The zero-order chi connectivity index (χ0) is 17.9. The van der Waals surface area contributed by atoms with Crippen LogP contribution in [0, 0.1) is 11.3 Å². The minimum atomic E-state index is 0.269. The number of fused-ring (bicyclic) bond motifs is 2. The molecule has 1 saturated heterocycles. The van der Waals surface area contributed by atoms with Crippen molar-refractivity contribution in [2.75, 3.05) is 20.3 Å². The molecule has 132 valence electrons. The lowest BCUT2D eigenvalue weighted by atomic mass is 9.88. The second-order valence-corrected chi connectivity index (χ2v) is 6.84. The van der Waals surface area contributed by atoms with Gasteiger partial charge in [0.05, 0.1) is 31.9 Å². The van der Waals surface area contributed by atoms with Crippen molar-refractivity contribution in [3.8, 4) is 11.8 Å². The normalized spacial score (nSPS) is 22.4. The Labute approximate surface area is 154 Å². The summed E-state index contributed by atoms with van der Waals surface area (Å²) in [6, 6.07) is 19.3. The van der Waals surface area contributed by atoms with Crippen molar-refractivity contribution in [3.63, 3.8) is 0 Å². The van der Waals surface area contributed by atoms with Gasteiger partial charge in [0.15, 0.2) is 0 Å². The fourth-order valence-corrected chi connectivity index (χ4v) is 3.91. The molecule has 0 spiro atoms. The van der Waals surface area contributed by atoms with Gasteiger partial charge < -0.3 is 9.47 Å². The molecule has 4 nitrogen and oxygen atoms in total. The van der Waals surface area contributed by atoms with Crippen molar-refractivity contribution in [2.45, 2.75) is 25.0 Å². The van der Waals surface area contributed by atoms with E-state index in [1.807, 2.05) is 12.1 Å². The van der Waals surface area contributed by atoms with E-state index in [1.54, 1.807) is 7.11 Å². The molecule has 0 saturated carbocycles. The number of rotatable bonds is 4. The number of methoxy groups -OCH3 is 1. The Balaban J connectivity index is 1.61. The van der Waals surface area contributed by atoms with E-state index in [1.165, 1.54) is 11.1 Å². The highest BCUT2D eigenvalue weighted by Gasteiger charge is 2.34. The summed E-state index contributed by atoms with van der Waals surface area (Å²) in [5.74, 6) is 0.627. The summed E-state index contributed by atoms with van der Waals surface area (Å²) in [5, 5.41) is 9.36. The fraction of sp³-hybridized carbons (Fsp3) is 0.318. The van der Waals surface area contributed by atoms with Gasteiger partial charge in [-0.05, 0) is 35.3 Å². The number of morpholine rings is 1. The van der Waals surface area contributed by atoms with Crippen molar-refractivity contribution in [2.24, 2.45) is 0 Å². The van der Waals surface area contributed by atoms with E-state index in [4.69, 9.17) is 9.47 Å². The second-order valence-electron chi connectivity index (χ2n) is 6.84. The second kappa shape index (κ2) is 7.33. The van der Waals surface area contributed by atoms with Gasteiger partial charge in [0.25, 0.3) is 0 Å². The molecule has 4 heteroatoms. The van der Waals surface area contributed by atoms with Gasteiger partial charge in [-0.3, -0.25) is 4.90 Å². The molecule has 2 aliphatic heterocycles. The molecule has 1 fully saturated rings. The summed E-state index contributed by atoms with van der Waals surface area (Å²) < 4.78 is 11.1. The lowest BCUT2D eigenvalue weighted by Crippen LogP contribution is -2.53. The molecule has 4 rings (SSSR count). The van der Waals surface area contributed by atoms with E-state index in [9.17, 15) is 5.26 Å². The van der Waals surface area contributed by atoms with Crippen LogP contribution in [-0.4, -0.2) is 37.3 Å². The first-order valence-corrected chi connectivity index (χ1v) is 8.95. The van der Waals surface area contributed by atoms with E-state index >= 15 is 0 Å². The molecule has 0 amide bonds. The third kappa shape index (κ3) is 3.24. The van der Waals surface area contributed by atoms with Gasteiger partial charge in [0, 0.05) is 12.6 Å². The highest BCUT2D eigenvalue weighted by Crippen LogP contribution is 2.34. The third-order valence-corrected chi connectivity index (χ3v) is 5.24. The van der Waals surface area contributed by atoms with Crippen LogP contribution in [0.4, 0.5) is 0 Å². The van der Waals surface area contributed by atoms with Crippen molar-refractivity contribution < 1.29 is 9.47 Å². The van der Waals surface area contributed by atoms with Crippen molar-refractivity contribution in [3.05, 3.63) is 71.3 Å². The minimum Gasteiger partial charge on any atom is -0.495 e. The van der Waals surface area contributed by atoms with Crippen LogP contribution in [0.5, 0.6) is 5.75 Å². The van der Waals surface area contributed by atoms with E-state index < -0.39 is 0 Å². The Kier molecular flexibility index (Phi) is 4.75. The molecule has 2 bridgehead atoms. The first kappa shape index (κ1) is 16.8. The average molecular weight is 346 g/mol. The molecule has 2 aliphatic rings. The zero-order valence-corrected chi connectivity index (χ0v) is 14.9. The van der Waals surface area contributed by atoms with E-state index in [2.05, 4.69) is 53.4 Å². The Morgan fingerprint density at radius 2 is 2.04 bits per heavy atom. The number of nitrogens with zero attached hydrogens (tertiary/aromatic N) is 2. The Morgan fingerprint density at radius 3 is 2.77 bits per heavy atom. The Morgan fingerprint density at radius 1 is 1.19 bits per heavy atom. The maximum Gasteiger partial charge on any atom is 0.136 e. The van der Waals surface area contributed by atoms with Gasteiger partial charge in [-0.2, -0.15) is 5.26 Å². The van der Waals surface area contributed by atoms with Crippen molar-refractivity contribution in [1.82, 2.24) is 4.90 Å². The summed E-state index contributed by atoms with van der Waals surface area (Å²) in [6.45, 7) is 2.41. The molecule has 2 aromatic rings. The van der Waals surface area contributed by atoms with E-state index in [0.29, 0.717) is 24.0 Å². The predicted octanol–water partition coefficient (Wildman–Crippen LogP) is 3.62. The number of benzene rings is 2. The number of ether oxygens (including phenoxy) is 2. The van der Waals surface area contributed by atoms with Crippen LogP contribution in [0.1, 0.15) is 23.1 Å². The van der Waals surface area contributed by atoms with Crippen LogP contribution in [-0.2, 0) is 11.3 Å². The SMILES string of the molecule is COc1ccc(C2=CC3COCC(C2)N3Cc2ccccc2)cc1C#N. The summed E-state index contributed by atoms with van der Waals surface area (Å²) >= 11 is 0. The maximum absolute atomic E-state index is 9.36. The van der Waals surface area contributed by atoms with E-state index in [-0.39, 0.29) is 6.04 Å². The monoisotopic (exact) mass is 346 g/mol. The quantitative estimate of drug-likeness (QED) is 0.848. The highest BCUT2D eigenvalue weighted by molar-refractivity contribution is 5.70. The first-order valence-electron chi connectivity index (χ1n) is 8.95. The van der Waals surface area contributed by atoms with Crippen molar-refractivity contribution in [1.29, 1.82) is 5.26 Å². The van der Waals surface area contributed by atoms with Gasteiger partial charge in [-0.1, -0.05) is 42.5 Å². The van der Waals surface area contributed by atoms with Crippen molar-refractivity contribution >= 4 is 5.57 Å². The maximum atomic E-state index is 9.36. The summed E-state index contributed by atoms with van der Waals surface area (Å²) in [6.07, 6.45) is 3.24. The lowest BCUT2D eigenvalue weighted by Gasteiger charge is -2.45. The van der Waals surface area contributed by atoms with Crippen LogP contribution in [0.25, 0.3) is 5.57 Å². The molecule has 2 unspecified atom stereocenters. The van der Waals surface area contributed by atoms with Crippen LogP contribution in [0.2, 0.25) is 0 Å². The third-order valence-electron chi connectivity index (χ3n) is 5.24. The molecule has 2 atom stereocenters. The molecule has 0 aliphatic carbocycles. The standard InChI is InChI=1S/C22H22N2O2/c1-25-22-8-7-17(9-19(22)12-23)18-10-20-14-26-15-21(11-18)24(20)13-16-5-3-2-4-6-16/h2-10,20-21H,11,13-15H2,1H3. The number of nitriles is 1. The first-order chi connectivity index (χ1) is 12.8. The van der Waals surface area contributed by atoms with Crippen LogP contribution in [0.3, 0.4) is 0 Å². The molecule has 2 aromatic carbocycles. The molecule has 0 N–H and O–H groups in total. The highest BCUT2D eigenvalue weighted by atomic mass is 16.5. The Hall–Kier alpha value is -2.61. The zero-order valence-electron chi connectivity index (χ0n) is 14.9. The van der Waals surface area contributed by atoms with E-state index in [0.717, 1.165) is 25.1 Å². The fourth-order valence-electron chi connectivity index (χ4n) is 3.91. The molecular weight excluding hydrogens is 324 g/mol. The van der Waals surface area contributed by atoms with Gasteiger partial charge >= 0.3 is 0 Å². The molecule has 26 heavy (non-hydrogen) atoms. The average Bonchev–Trinajstić information content (AvgIpc) is 2.68. The predicted molar refractivity (Wildman–Crippen MR) is 101 cm³/mol. The number of hydrogen-bond donors (Lipinski definition) is 0. The summed E-state index contributed by atoms with van der Waals surface area (Å²) in [5.41, 5.74) is 4.32. The van der Waals surface area contributed by atoms with Gasteiger partial charge in [-0.15, -0.1) is 0 Å². The van der Waals surface area contributed by atoms with Gasteiger partial charge in [0.2, 0.25) is 0 Å². The molecule has 0 radical (unpaired) electrons. The molecule has 0 aromatic heterocycles. The topological polar surface area (TPSA) is 45.5 Å². The largest absolute Gasteiger partial charge is 0.495 e. The number of hydrogen-bond acceptors (Lipinski definition) is 4. The smallest absolute Gasteiger partial charge is 0.136 e. The molecule has 2 heterocycles. The molecular formula is C22H22N2O2. The minimum absolute atomic E-state index is 0.269. The van der Waals surface area contributed by atoms with Crippen LogP contribution >= 0.6 is 0 Å². The lowest BCUT2D eigenvalue weighted by molar-refractivity contribution is -0.0402. The van der Waals surface area contributed by atoms with Gasteiger partial charge in [-0.25, -0.2) is 0 Å². The van der Waals surface area contributed by atoms with Crippen LogP contribution < -0.4 is 4.74 Å².